The maximum atomic E-state index is 14.2. The summed E-state index contributed by atoms with van der Waals surface area (Å²) in [5, 5.41) is 0.0159. The van der Waals surface area contributed by atoms with Crippen LogP contribution < -0.4 is 4.43 Å². The third-order valence-electron chi connectivity index (χ3n) is 4.09. The fraction of sp³-hybridized carbons (Fsp3) is 0.588. The van der Waals surface area contributed by atoms with Gasteiger partial charge in [0.15, 0.2) is 5.82 Å². The Morgan fingerprint density at radius 3 is 2.41 bits per heavy atom. The average Bonchev–Trinajstić information content (AvgIpc) is 2.38. The molecule has 0 aliphatic carbocycles. The number of halogens is 1. The summed E-state index contributed by atoms with van der Waals surface area (Å²) in [5.74, 6) is -0.331. The lowest BCUT2D eigenvalue weighted by Crippen LogP contribution is -2.44. The summed E-state index contributed by atoms with van der Waals surface area (Å²) in [6.45, 7) is 12.7. The Hall–Kier alpha value is -1.36. The molecule has 0 spiro atoms. The van der Waals surface area contributed by atoms with Crippen molar-refractivity contribution in [3.8, 4) is 5.75 Å². The maximum absolute atomic E-state index is 14.2. The zero-order valence-corrected chi connectivity index (χ0v) is 15.5. The second-order valence-electron chi connectivity index (χ2n) is 6.93. The molecule has 0 unspecified atom stereocenters. The lowest BCUT2D eigenvalue weighted by molar-refractivity contribution is -0.143. The van der Waals surface area contributed by atoms with Crippen molar-refractivity contribution in [1.82, 2.24) is 0 Å². The normalized spacial score (nSPS) is 12.1. The van der Waals surface area contributed by atoms with Crippen LogP contribution in [0.25, 0.3) is 0 Å². The highest BCUT2D eigenvalue weighted by molar-refractivity contribution is 6.74. The van der Waals surface area contributed by atoms with E-state index in [0.717, 1.165) is 5.56 Å². The quantitative estimate of drug-likeness (QED) is 0.561. The highest BCUT2D eigenvalue weighted by Crippen LogP contribution is 2.38. The van der Waals surface area contributed by atoms with Crippen LogP contribution in [0.1, 0.15) is 39.7 Å². The van der Waals surface area contributed by atoms with E-state index >= 15 is 0 Å². The van der Waals surface area contributed by atoms with Crippen molar-refractivity contribution in [1.29, 1.82) is 0 Å². The Morgan fingerprint density at radius 2 is 1.91 bits per heavy atom. The molecule has 124 valence electrons. The summed E-state index contributed by atoms with van der Waals surface area (Å²) >= 11 is 0. The number of rotatable bonds is 6. The molecule has 0 atom stereocenters. The zero-order valence-electron chi connectivity index (χ0n) is 14.5. The van der Waals surface area contributed by atoms with Gasteiger partial charge >= 0.3 is 5.97 Å². The lowest BCUT2D eigenvalue weighted by atomic mass is 10.1. The van der Waals surface area contributed by atoms with Crippen LogP contribution in [0.2, 0.25) is 18.1 Å². The molecule has 0 aliphatic heterocycles. The molecular formula is C17H27FO3Si. The van der Waals surface area contributed by atoms with Gasteiger partial charge in [0.1, 0.15) is 5.75 Å². The monoisotopic (exact) mass is 326 g/mol. The molecule has 0 N–H and O–H groups in total. The van der Waals surface area contributed by atoms with Crippen LogP contribution in [-0.2, 0) is 16.0 Å². The standard InChI is InChI=1S/C17H27FO3Si/c1-7-20-16(19)11-9-13-8-10-15(14(18)12-13)21-22(5,6)17(2,3)4/h8,10,12H,7,9,11H2,1-6H3. The minimum atomic E-state index is -2.06. The van der Waals surface area contributed by atoms with E-state index in [2.05, 4.69) is 33.9 Å². The van der Waals surface area contributed by atoms with Gasteiger partial charge in [-0.25, -0.2) is 4.39 Å². The fourth-order valence-electron chi connectivity index (χ4n) is 1.69. The van der Waals surface area contributed by atoms with Crippen molar-refractivity contribution in [2.45, 2.75) is 58.7 Å². The molecule has 0 heterocycles. The largest absolute Gasteiger partial charge is 0.542 e. The van der Waals surface area contributed by atoms with Gasteiger partial charge < -0.3 is 9.16 Å². The summed E-state index contributed by atoms with van der Waals surface area (Å²) < 4.78 is 25.1. The van der Waals surface area contributed by atoms with E-state index < -0.39 is 8.32 Å². The summed E-state index contributed by atoms with van der Waals surface area (Å²) in [7, 11) is -2.06. The maximum Gasteiger partial charge on any atom is 0.306 e. The Morgan fingerprint density at radius 1 is 1.27 bits per heavy atom. The Balaban J connectivity index is 2.76. The number of carbonyl (C=O) groups is 1. The van der Waals surface area contributed by atoms with Crippen molar-refractivity contribution < 1.29 is 18.3 Å². The van der Waals surface area contributed by atoms with Crippen LogP contribution in [0.15, 0.2) is 18.2 Å². The van der Waals surface area contributed by atoms with E-state index in [1.165, 1.54) is 6.07 Å². The van der Waals surface area contributed by atoms with E-state index in [0.29, 0.717) is 18.8 Å². The molecular weight excluding hydrogens is 299 g/mol. The number of esters is 1. The van der Waals surface area contributed by atoms with Crippen LogP contribution in [-0.4, -0.2) is 20.9 Å². The van der Waals surface area contributed by atoms with Crippen LogP contribution in [0.3, 0.4) is 0 Å². The summed E-state index contributed by atoms with van der Waals surface area (Å²) in [6.07, 6.45) is 0.728. The first-order valence-corrected chi connectivity index (χ1v) is 10.6. The Kier molecular flexibility index (Phi) is 6.17. The molecule has 1 rings (SSSR count). The molecule has 0 saturated carbocycles. The first-order valence-electron chi connectivity index (χ1n) is 7.70. The van der Waals surface area contributed by atoms with E-state index in [1.807, 2.05) is 6.07 Å². The Labute approximate surface area is 134 Å². The summed E-state index contributed by atoms with van der Waals surface area (Å²) in [6, 6.07) is 4.92. The number of benzene rings is 1. The molecule has 0 saturated heterocycles. The predicted octanol–water partition coefficient (Wildman–Crippen LogP) is 4.71. The highest BCUT2D eigenvalue weighted by atomic mass is 28.4. The number of aryl methyl sites for hydroxylation is 1. The molecule has 0 aromatic heterocycles. The van der Waals surface area contributed by atoms with Gasteiger partial charge in [0.25, 0.3) is 8.32 Å². The molecule has 22 heavy (non-hydrogen) atoms. The van der Waals surface area contributed by atoms with Gasteiger partial charge in [-0.05, 0) is 49.2 Å². The van der Waals surface area contributed by atoms with Crippen LogP contribution in [0.5, 0.6) is 5.75 Å². The summed E-state index contributed by atoms with van der Waals surface area (Å²) in [5.41, 5.74) is 0.771. The molecule has 1 aromatic rings. The van der Waals surface area contributed by atoms with E-state index in [4.69, 9.17) is 9.16 Å². The van der Waals surface area contributed by atoms with Crippen molar-refractivity contribution >= 4 is 14.3 Å². The van der Waals surface area contributed by atoms with E-state index in [-0.39, 0.29) is 23.2 Å². The second-order valence-corrected chi connectivity index (χ2v) is 11.7. The number of hydrogen-bond acceptors (Lipinski definition) is 3. The van der Waals surface area contributed by atoms with Crippen LogP contribution >= 0.6 is 0 Å². The molecule has 1 aromatic carbocycles. The third-order valence-corrected chi connectivity index (χ3v) is 8.43. The van der Waals surface area contributed by atoms with Crippen molar-refractivity contribution in [3.05, 3.63) is 29.6 Å². The number of ether oxygens (including phenoxy) is 1. The molecule has 0 fully saturated rings. The van der Waals surface area contributed by atoms with Crippen molar-refractivity contribution in [2.24, 2.45) is 0 Å². The fourth-order valence-corrected chi connectivity index (χ4v) is 2.71. The smallest absolute Gasteiger partial charge is 0.306 e. The number of hydrogen-bond donors (Lipinski definition) is 0. The van der Waals surface area contributed by atoms with Gasteiger partial charge in [0, 0.05) is 6.42 Å². The van der Waals surface area contributed by atoms with Crippen molar-refractivity contribution in [2.75, 3.05) is 6.61 Å². The van der Waals surface area contributed by atoms with Gasteiger partial charge in [-0.2, -0.15) is 0 Å². The average molecular weight is 326 g/mol. The van der Waals surface area contributed by atoms with Crippen LogP contribution in [0, 0.1) is 5.82 Å². The SMILES string of the molecule is CCOC(=O)CCc1ccc(O[Si](C)(C)C(C)(C)C)c(F)c1. The van der Waals surface area contributed by atoms with Gasteiger partial charge in [-0.15, -0.1) is 0 Å². The minimum absolute atomic E-state index is 0.0159. The van der Waals surface area contributed by atoms with Gasteiger partial charge in [0.2, 0.25) is 0 Å². The second kappa shape index (κ2) is 7.27. The van der Waals surface area contributed by atoms with Crippen molar-refractivity contribution in [3.63, 3.8) is 0 Å². The first kappa shape index (κ1) is 18.7. The van der Waals surface area contributed by atoms with Gasteiger partial charge in [-0.3, -0.25) is 4.79 Å². The van der Waals surface area contributed by atoms with Gasteiger partial charge in [-0.1, -0.05) is 26.8 Å². The topological polar surface area (TPSA) is 35.5 Å². The zero-order chi connectivity index (χ0) is 17.0. The molecule has 3 nitrogen and oxygen atoms in total. The summed E-state index contributed by atoms with van der Waals surface area (Å²) in [4.78, 5) is 11.3. The Bertz CT molecular complexity index is 521. The molecule has 5 heteroatoms. The molecule has 0 bridgehead atoms. The van der Waals surface area contributed by atoms with Crippen LogP contribution in [0.4, 0.5) is 4.39 Å². The highest BCUT2D eigenvalue weighted by Gasteiger charge is 2.39. The lowest BCUT2D eigenvalue weighted by Gasteiger charge is -2.36. The molecule has 0 aliphatic rings. The molecule has 0 radical (unpaired) electrons. The molecule has 0 amide bonds. The third kappa shape index (κ3) is 5.12. The predicted molar refractivity (Wildman–Crippen MR) is 89.2 cm³/mol. The van der Waals surface area contributed by atoms with E-state index in [1.54, 1.807) is 13.0 Å². The minimum Gasteiger partial charge on any atom is -0.542 e. The first-order chi connectivity index (χ1) is 10.1. The van der Waals surface area contributed by atoms with E-state index in [9.17, 15) is 9.18 Å². The number of carbonyl (C=O) groups excluding carboxylic acids is 1. The van der Waals surface area contributed by atoms with Gasteiger partial charge in [0.05, 0.1) is 6.61 Å².